The summed E-state index contributed by atoms with van der Waals surface area (Å²) in [5, 5.41) is 23.5. The molecule has 1 aromatic heterocycles. The molecule has 1 unspecified atom stereocenters. The molecule has 2 fully saturated rings. The number of carbonyl (C=O) groups is 2. The van der Waals surface area contributed by atoms with Crippen LogP contribution in [0.15, 0.2) is 42.7 Å². The second-order valence-corrected chi connectivity index (χ2v) is 11.8. The fourth-order valence-corrected chi connectivity index (χ4v) is 5.55. The first-order valence-electron chi connectivity index (χ1n) is 13.3. The third-order valence-corrected chi connectivity index (χ3v) is 7.65. The minimum absolute atomic E-state index is 0.0232. The first-order chi connectivity index (χ1) is 18.1. The van der Waals surface area contributed by atoms with Crippen LogP contribution in [0.5, 0.6) is 0 Å². The Balaban J connectivity index is 1.81. The van der Waals surface area contributed by atoms with E-state index < -0.39 is 24.1 Å². The van der Waals surface area contributed by atoms with Gasteiger partial charge in [-0.25, -0.2) is 0 Å². The quantitative estimate of drug-likeness (QED) is 0.526. The van der Waals surface area contributed by atoms with Crippen LogP contribution in [0, 0.1) is 11.5 Å². The minimum atomic E-state index is -1.06. The predicted molar refractivity (Wildman–Crippen MR) is 146 cm³/mol. The fraction of sp³-hybridized carbons (Fsp3) is 0.517. The number of hydrogen-bond donors (Lipinski definition) is 2. The van der Waals surface area contributed by atoms with Gasteiger partial charge in [0.1, 0.15) is 12.1 Å². The Bertz CT molecular complexity index is 1180. The van der Waals surface area contributed by atoms with Crippen LogP contribution in [0.2, 0.25) is 5.02 Å². The third-order valence-electron chi connectivity index (χ3n) is 7.44. The second kappa shape index (κ2) is 11.7. The van der Waals surface area contributed by atoms with Crippen molar-refractivity contribution in [3.63, 3.8) is 0 Å². The van der Waals surface area contributed by atoms with E-state index in [9.17, 15) is 20.0 Å². The maximum atomic E-state index is 14.2. The van der Waals surface area contributed by atoms with Gasteiger partial charge in [0, 0.05) is 36.1 Å². The van der Waals surface area contributed by atoms with Gasteiger partial charge in [0.2, 0.25) is 5.91 Å². The van der Waals surface area contributed by atoms with Crippen molar-refractivity contribution >= 4 is 29.1 Å². The van der Waals surface area contributed by atoms with Crippen LogP contribution in [-0.2, 0) is 15.0 Å². The smallest absolute Gasteiger partial charge is 0.251 e. The molecule has 3 atom stereocenters. The number of aliphatic hydroxyl groups excluding tert-OH is 1. The maximum absolute atomic E-state index is 14.2. The highest BCUT2D eigenvalue weighted by molar-refractivity contribution is 6.30. The van der Waals surface area contributed by atoms with E-state index in [1.807, 2.05) is 30.5 Å². The van der Waals surface area contributed by atoms with E-state index in [4.69, 9.17) is 11.6 Å². The lowest BCUT2D eigenvalue weighted by atomic mass is 9.87. The van der Waals surface area contributed by atoms with Crippen LogP contribution in [-0.4, -0.2) is 51.5 Å². The summed E-state index contributed by atoms with van der Waals surface area (Å²) in [4.78, 5) is 35.2. The van der Waals surface area contributed by atoms with Crippen LogP contribution >= 0.6 is 11.6 Å². The fourth-order valence-electron chi connectivity index (χ4n) is 5.37. The lowest BCUT2D eigenvalue weighted by Gasteiger charge is -2.35. The predicted octanol–water partition coefficient (Wildman–Crippen LogP) is 4.47. The Kier molecular flexibility index (Phi) is 8.59. The number of hydrogen-bond acceptors (Lipinski definition) is 6. The number of aliphatic hydroxyl groups is 1. The average molecular weight is 538 g/mol. The molecule has 8 nitrogen and oxygen atoms in total. The van der Waals surface area contributed by atoms with Gasteiger partial charge in [0.25, 0.3) is 5.91 Å². The summed E-state index contributed by atoms with van der Waals surface area (Å²) in [5.41, 5.74) is 1.97. The zero-order chi connectivity index (χ0) is 27.4. The van der Waals surface area contributed by atoms with E-state index in [2.05, 4.69) is 31.1 Å². The van der Waals surface area contributed by atoms with Gasteiger partial charge in [-0.1, -0.05) is 63.8 Å². The number of halogens is 1. The number of aromatic nitrogens is 1. The highest BCUT2D eigenvalue weighted by Crippen LogP contribution is 2.34. The number of anilines is 1. The van der Waals surface area contributed by atoms with Crippen molar-refractivity contribution in [1.29, 1.82) is 5.26 Å². The number of amides is 2. The van der Waals surface area contributed by atoms with Crippen molar-refractivity contribution in [2.75, 3.05) is 11.4 Å². The normalized spacial score (nSPS) is 21.0. The number of benzene rings is 1. The Morgan fingerprint density at radius 1 is 1.18 bits per heavy atom. The lowest BCUT2D eigenvalue weighted by Crippen LogP contribution is -2.51. The minimum Gasteiger partial charge on any atom is -0.391 e. The molecule has 4 rings (SSSR count). The molecule has 2 amide bonds. The number of nitrogens with zero attached hydrogens (tertiary/aromatic N) is 4. The zero-order valence-electron chi connectivity index (χ0n) is 22.2. The molecule has 38 heavy (non-hydrogen) atoms. The van der Waals surface area contributed by atoms with Crippen molar-refractivity contribution in [3.05, 3.63) is 58.9 Å². The molecule has 1 saturated heterocycles. The molecule has 2 aromatic rings. The van der Waals surface area contributed by atoms with Crippen LogP contribution in [0.3, 0.4) is 0 Å². The molecule has 0 bridgehead atoms. The van der Waals surface area contributed by atoms with Crippen LogP contribution in [0.25, 0.3) is 0 Å². The molecule has 9 heteroatoms. The van der Waals surface area contributed by atoms with Gasteiger partial charge >= 0.3 is 0 Å². The number of likely N-dealkylation sites (tertiary alicyclic amines) is 1. The number of carbonyl (C=O) groups excluding carboxylic acids is 2. The first-order valence-corrected chi connectivity index (χ1v) is 13.6. The maximum Gasteiger partial charge on any atom is 0.251 e. The van der Waals surface area contributed by atoms with Crippen LogP contribution in [0.1, 0.15) is 76.5 Å². The second-order valence-electron chi connectivity index (χ2n) is 11.3. The first kappa shape index (κ1) is 27.9. The number of nitriles is 1. The Labute approximate surface area is 229 Å². The number of nitrogens with one attached hydrogen (secondary N) is 1. The standard InChI is InChI=1S/C29H36ClN5O3/c1-29(2,3)20-9-11-23(12-10-20)35(28(38)25-14-24(36)17-34(25)18-31)26(19-13-21(30)16-32-15-19)27(37)33-22-7-5-4-6-8-22/h9-13,15-16,22,24-26,36H,4-8,14,17H2,1-3H3,(H,33,37)/t24-,25-,26?/m1/s1. The molecular weight excluding hydrogens is 502 g/mol. The Hall–Kier alpha value is -3.15. The summed E-state index contributed by atoms with van der Waals surface area (Å²) in [6.07, 6.45) is 9.37. The largest absolute Gasteiger partial charge is 0.391 e. The van der Waals surface area contributed by atoms with Gasteiger partial charge in [-0.2, -0.15) is 5.26 Å². The van der Waals surface area contributed by atoms with E-state index >= 15 is 0 Å². The van der Waals surface area contributed by atoms with Gasteiger partial charge in [-0.15, -0.1) is 0 Å². The summed E-state index contributed by atoms with van der Waals surface area (Å²) >= 11 is 6.30. The third kappa shape index (κ3) is 6.28. The van der Waals surface area contributed by atoms with Crippen molar-refractivity contribution in [2.45, 2.75) is 88.9 Å². The van der Waals surface area contributed by atoms with E-state index in [-0.39, 0.29) is 30.3 Å². The van der Waals surface area contributed by atoms with E-state index in [0.717, 1.165) is 37.7 Å². The van der Waals surface area contributed by atoms with E-state index in [1.54, 1.807) is 12.3 Å². The molecule has 0 spiro atoms. The Morgan fingerprint density at radius 3 is 2.47 bits per heavy atom. The SMILES string of the molecule is CC(C)(C)c1ccc(N(C(=O)[C@H]2C[C@@H](O)CN2C#N)C(C(=O)NC2CCCCC2)c2cncc(Cl)c2)cc1. The summed E-state index contributed by atoms with van der Waals surface area (Å²) in [5.74, 6) is -0.758. The van der Waals surface area contributed by atoms with Gasteiger partial charge in [-0.3, -0.25) is 24.4 Å². The number of β-amino-alcohol motifs (C(OH)–C–C–N with tert-alkyl or cyclic N) is 1. The van der Waals surface area contributed by atoms with E-state index in [0.29, 0.717) is 16.3 Å². The molecule has 202 valence electrons. The summed E-state index contributed by atoms with van der Waals surface area (Å²) in [6, 6.07) is 7.29. The average Bonchev–Trinajstić information content (AvgIpc) is 3.27. The summed E-state index contributed by atoms with van der Waals surface area (Å²) in [6.45, 7) is 6.39. The molecule has 1 saturated carbocycles. The Morgan fingerprint density at radius 2 is 1.87 bits per heavy atom. The van der Waals surface area contributed by atoms with Crippen molar-refractivity contribution in [3.8, 4) is 6.19 Å². The highest BCUT2D eigenvalue weighted by atomic mass is 35.5. The molecule has 2 aliphatic rings. The topological polar surface area (TPSA) is 110 Å². The van der Waals surface area contributed by atoms with Crippen molar-refractivity contribution < 1.29 is 14.7 Å². The monoisotopic (exact) mass is 537 g/mol. The molecule has 2 heterocycles. The number of rotatable bonds is 6. The number of pyridine rings is 1. The lowest BCUT2D eigenvalue weighted by molar-refractivity contribution is -0.128. The molecular formula is C29H36ClN5O3. The molecule has 1 aromatic carbocycles. The van der Waals surface area contributed by atoms with Crippen LogP contribution < -0.4 is 10.2 Å². The van der Waals surface area contributed by atoms with Crippen LogP contribution in [0.4, 0.5) is 5.69 Å². The van der Waals surface area contributed by atoms with Gasteiger partial charge in [-0.05, 0) is 42.0 Å². The van der Waals surface area contributed by atoms with Gasteiger partial charge < -0.3 is 10.4 Å². The zero-order valence-corrected chi connectivity index (χ0v) is 23.0. The molecule has 1 aliphatic heterocycles. The molecule has 2 N–H and O–H groups in total. The summed E-state index contributed by atoms with van der Waals surface area (Å²) in [7, 11) is 0. The molecule has 1 aliphatic carbocycles. The molecule has 0 radical (unpaired) electrons. The van der Waals surface area contributed by atoms with Crippen molar-refractivity contribution in [2.24, 2.45) is 0 Å². The van der Waals surface area contributed by atoms with Gasteiger partial charge in [0.15, 0.2) is 6.19 Å². The van der Waals surface area contributed by atoms with Gasteiger partial charge in [0.05, 0.1) is 17.7 Å². The van der Waals surface area contributed by atoms with E-state index in [1.165, 1.54) is 16.0 Å². The van der Waals surface area contributed by atoms with Crippen molar-refractivity contribution in [1.82, 2.24) is 15.2 Å². The summed E-state index contributed by atoms with van der Waals surface area (Å²) < 4.78 is 0. The highest BCUT2D eigenvalue weighted by Gasteiger charge is 2.43.